The first-order valence-electron chi connectivity index (χ1n) is 8.08. The standard InChI is InChI=1S/C17H17ClN4O4S/c1-3-26-17(23)11-22(14-6-4-5-13(18)9-14)27(24,25)15-7-8-16-20-19-12(2)21(16)10-15/h4-10H,3,11H2,1-2H3. The van der Waals surface area contributed by atoms with E-state index in [0.29, 0.717) is 16.5 Å². The van der Waals surface area contributed by atoms with Gasteiger partial charge in [0, 0.05) is 11.2 Å². The van der Waals surface area contributed by atoms with E-state index >= 15 is 0 Å². The molecule has 0 aliphatic rings. The molecule has 0 spiro atoms. The highest BCUT2D eigenvalue weighted by Crippen LogP contribution is 2.26. The average molecular weight is 409 g/mol. The number of halogens is 1. The van der Waals surface area contributed by atoms with Crippen LogP contribution >= 0.6 is 11.6 Å². The average Bonchev–Trinajstić information content (AvgIpc) is 3.00. The molecule has 2 heterocycles. The number of aryl methyl sites for hydroxylation is 1. The van der Waals surface area contributed by atoms with Gasteiger partial charge in [-0.05, 0) is 44.2 Å². The van der Waals surface area contributed by atoms with Crippen LogP contribution in [0.5, 0.6) is 0 Å². The summed E-state index contributed by atoms with van der Waals surface area (Å²) in [5.41, 5.74) is 0.780. The lowest BCUT2D eigenvalue weighted by atomic mass is 10.3. The maximum absolute atomic E-state index is 13.3. The monoisotopic (exact) mass is 408 g/mol. The number of esters is 1. The number of benzene rings is 1. The highest BCUT2D eigenvalue weighted by molar-refractivity contribution is 7.92. The Morgan fingerprint density at radius 2 is 2.04 bits per heavy atom. The minimum absolute atomic E-state index is 0.0119. The van der Waals surface area contributed by atoms with Crippen molar-refractivity contribution in [2.24, 2.45) is 0 Å². The summed E-state index contributed by atoms with van der Waals surface area (Å²) in [6.07, 6.45) is 1.42. The largest absolute Gasteiger partial charge is 0.465 e. The molecule has 3 rings (SSSR count). The van der Waals surface area contributed by atoms with E-state index in [1.165, 1.54) is 18.3 Å². The SMILES string of the molecule is CCOC(=O)CN(c1cccc(Cl)c1)S(=O)(=O)c1ccc2nnc(C)n2c1. The molecule has 0 fully saturated rings. The highest BCUT2D eigenvalue weighted by Gasteiger charge is 2.28. The van der Waals surface area contributed by atoms with Crippen molar-refractivity contribution >= 4 is 38.9 Å². The summed E-state index contributed by atoms with van der Waals surface area (Å²) in [6, 6.07) is 9.23. The molecule has 0 unspecified atom stereocenters. The van der Waals surface area contributed by atoms with Gasteiger partial charge >= 0.3 is 5.97 Å². The predicted molar refractivity (Wildman–Crippen MR) is 100 cm³/mol. The third-order valence-electron chi connectivity index (χ3n) is 3.81. The minimum atomic E-state index is -4.07. The smallest absolute Gasteiger partial charge is 0.326 e. The van der Waals surface area contributed by atoms with Gasteiger partial charge in [0.2, 0.25) is 0 Å². The molecule has 2 aromatic heterocycles. The molecular weight excluding hydrogens is 392 g/mol. The fourth-order valence-corrected chi connectivity index (χ4v) is 4.12. The zero-order chi connectivity index (χ0) is 19.6. The lowest BCUT2D eigenvalue weighted by molar-refractivity contribution is -0.141. The first-order valence-corrected chi connectivity index (χ1v) is 9.90. The molecule has 0 atom stereocenters. The Balaban J connectivity index is 2.10. The summed E-state index contributed by atoms with van der Waals surface area (Å²) in [4.78, 5) is 12.0. The lowest BCUT2D eigenvalue weighted by Crippen LogP contribution is -2.36. The summed E-state index contributed by atoms with van der Waals surface area (Å²) in [5, 5.41) is 8.21. The Morgan fingerprint density at radius 3 is 2.74 bits per heavy atom. The van der Waals surface area contributed by atoms with Gasteiger partial charge in [-0.1, -0.05) is 17.7 Å². The lowest BCUT2D eigenvalue weighted by Gasteiger charge is -2.23. The van der Waals surface area contributed by atoms with E-state index < -0.39 is 22.5 Å². The van der Waals surface area contributed by atoms with Crippen molar-refractivity contribution < 1.29 is 17.9 Å². The molecule has 27 heavy (non-hydrogen) atoms. The number of carbonyl (C=O) groups is 1. The second-order valence-corrected chi connectivity index (χ2v) is 7.94. The second-order valence-electron chi connectivity index (χ2n) is 5.64. The Hall–Kier alpha value is -2.65. The van der Waals surface area contributed by atoms with Gasteiger partial charge in [0.25, 0.3) is 10.0 Å². The predicted octanol–water partition coefficient (Wildman–Crippen LogP) is 2.45. The third kappa shape index (κ3) is 3.88. The van der Waals surface area contributed by atoms with E-state index in [4.69, 9.17) is 16.3 Å². The molecule has 8 nitrogen and oxygen atoms in total. The van der Waals surface area contributed by atoms with E-state index in [9.17, 15) is 13.2 Å². The number of fused-ring (bicyclic) bond motifs is 1. The van der Waals surface area contributed by atoms with Crippen molar-refractivity contribution in [2.75, 3.05) is 17.5 Å². The maximum Gasteiger partial charge on any atom is 0.326 e. The third-order valence-corrected chi connectivity index (χ3v) is 5.80. The Labute approximate surface area is 161 Å². The first kappa shape index (κ1) is 19.1. The quantitative estimate of drug-likeness (QED) is 0.581. The van der Waals surface area contributed by atoms with Crippen LogP contribution in [0.4, 0.5) is 5.69 Å². The number of nitrogens with zero attached hydrogens (tertiary/aromatic N) is 4. The van der Waals surface area contributed by atoms with Crippen LogP contribution in [0.2, 0.25) is 5.02 Å². The molecule has 0 saturated carbocycles. The van der Waals surface area contributed by atoms with Crippen LogP contribution in [0.3, 0.4) is 0 Å². The fourth-order valence-electron chi connectivity index (χ4n) is 2.54. The van der Waals surface area contributed by atoms with E-state index in [1.807, 2.05) is 0 Å². The van der Waals surface area contributed by atoms with Gasteiger partial charge in [-0.2, -0.15) is 0 Å². The molecule has 3 aromatic rings. The summed E-state index contributed by atoms with van der Waals surface area (Å²) in [6.45, 7) is 3.03. The summed E-state index contributed by atoms with van der Waals surface area (Å²) < 4.78 is 34.0. The summed E-state index contributed by atoms with van der Waals surface area (Å²) >= 11 is 6.01. The topological polar surface area (TPSA) is 93.9 Å². The van der Waals surface area contributed by atoms with Crippen LogP contribution in [-0.2, 0) is 19.6 Å². The van der Waals surface area contributed by atoms with E-state index in [-0.39, 0.29) is 17.2 Å². The Kier molecular flexibility index (Phi) is 5.33. The van der Waals surface area contributed by atoms with Crippen molar-refractivity contribution in [3.05, 3.63) is 53.4 Å². The van der Waals surface area contributed by atoms with Gasteiger partial charge in [-0.15, -0.1) is 10.2 Å². The van der Waals surface area contributed by atoms with Crippen LogP contribution in [0, 0.1) is 6.92 Å². The molecule has 0 aliphatic carbocycles. The number of sulfonamides is 1. The molecule has 0 radical (unpaired) electrons. The molecule has 1 aromatic carbocycles. The van der Waals surface area contributed by atoms with E-state index in [1.54, 1.807) is 42.5 Å². The number of hydrogen-bond acceptors (Lipinski definition) is 6. The molecular formula is C17H17ClN4O4S. The zero-order valence-electron chi connectivity index (χ0n) is 14.7. The number of carbonyl (C=O) groups excluding carboxylic acids is 1. The van der Waals surface area contributed by atoms with Gasteiger partial charge in [-0.3, -0.25) is 13.5 Å². The number of anilines is 1. The van der Waals surface area contributed by atoms with Crippen LogP contribution in [0.15, 0.2) is 47.5 Å². The van der Waals surface area contributed by atoms with E-state index in [2.05, 4.69) is 10.2 Å². The summed E-state index contributed by atoms with van der Waals surface area (Å²) in [7, 11) is -4.07. The van der Waals surface area contributed by atoms with Gasteiger partial charge in [0.15, 0.2) is 5.65 Å². The molecule has 142 valence electrons. The van der Waals surface area contributed by atoms with Gasteiger partial charge in [0.1, 0.15) is 17.3 Å². The Morgan fingerprint density at radius 1 is 1.26 bits per heavy atom. The van der Waals surface area contributed by atoms with Crippen molar-refractivity contribution in [3.8, 4) is 0 Å². The highest BCUT2D eigenvalue weighted by atomic mass is 35.5. The van der Waals surface area contributed by atoms with Gasteiger partial charge in [-0.25, -0.2) is 8.42 Å². The first-order chi connectivity index (χ1) is 12.8. The normalized spacial score (nSPS) is 11.5. The summed E-state index contributed by atoms with van der Waals surface area (Å²) in [5.74, 6) is -0.121. The number of aromatic nitrogens is 3. The van der Waals surface area contributed by atoms with Gasteiger partial charge < -0.3 is 4.74 Å². The van der Waals surface area contributed by atoms with Crippen LogP contribution < -0.4 is 4.31 Å². The van der Waals surface area contributed by atoms with Crippen molar-refractivity contribution in [3.63, 3.8) is 0 Å². The van der Waals surface area contributed by atoms with Crippen molar-refractivity contribution in [1.82, 2.24) is 14.6 Å². The van der Waals surface area contributed by atoms with Crippen LogP contribution in [-0.4, -0.2) is 42.1 Å². The molecule has 0 saturated heterocycles. The van der Waals surface area contributed by atoms with E-state index in [0.717, 1.165) is 4.31 Å². The minimum Gasteiger partial charge on any atom is -0.465 e. The zero-order valence-corrected chi connectivity index (χ0v) is 16.2. The van der Waals surface area contributed by atoms with Crippen molar-refractivity contribution in [2.45, 2.75) is 18.7 Å². The molecule has 0 amide bonds. The number of rotatable bonds is 6. The molecule has 0 bridgehead atoms. The number of pyridine rings is 1. The molecule has 0 aliphatic heterocycles. The molecule has 10 heteroatoms. The second kappa shape index (κ2) is 7.53. The number of ether oxygens (including phenoxy) is 1. The molecule has 0 N–H and O–H groups in total. The van der Waals surface area contributed by atoms with Crippen molar-refractivity contribution in [1.29, 1.82) is 0 Å². The Bertz CT molecular complexity index is 1100. The fraction of sp³-hybridized carbons (Fsp3) is 0.235. The maximum atomic E-state index is 13.3. The van der Waals surface area contributed by atoms with Crippen LogP contribution in [0.25, 0.3) is 5.65 Å². The van der Waals surface area contributed by atoms with Crippen LogP contribution in [0.1, 0.15) is 12.7 Å². The van der Waals surface area contributed by atoms with Gasteiger partial charge in [0.05, 0.1) is 12.3 Å². The number of hydrogen-bond donors (Lipinski definition) is 0.